The van der Waals surface area contributed by atoms with Crippen LogP contribution in [0.25, 0.3) is 0 Å². The van der Waals surface area contributed by atoms with Crippen molar-refractivity contribution in [2.24, 2.45) is 5.92 Å². The lowest BCUT2D eigenvalue weighted by molar-refractivity contribution is -0.144. The van der Waals surface area contributed by atoms with Gasteiger partial charge < -0.3 is 19.1 Å². The summed E-state index contributed by atoms with van der Waals surface area (Å²) in [4.78, 5) is 17.2. The van der Waals surface area contributed by atoms with Crippen LogP contribution in [-0.4, -0.2) is 51.5 Å². The molecule has 6 nitrogen and oxygen atoms in total. The molecule has 0 N–H and O–H groups in total. The average Bonchev–Trinajstić information content (AvgIpc) is 2.96. The molecule has 1 aliphatic rings. The number of pyridine rings is 1. The lowest BCUT2D eigenvalue weighted by atomic mass is 10.1. The molecule has 1 aliphatic heterocycles. The number of nitrogens with zero attached hydrogens (tertiary/aromatic N) is 2. The molecule has 0 radical (unpaired) electrons. The van der Waals surface area contributed by atoms with E-state index in [1.54, 1.807) is 13.2 Å². The highest BCUT2D eigenvalue weighted by Gasteiger charge is 2.30. The van der Waals surface area contributed by atoms with Gasteiger partial charge in [0.2, 0.25) is 5.95 Å². The Morgan fingerprint density at radius 1 is 1.43 bits per heavy atom. The first-order valence-corrected chi connectivity index (χ1v) is 6.76. The van der Waals surface area contributed by atoms with Gasteiger partial charge in [0.05, 0.1) is 19.6 Å². The van der Waals surface area contributed by atoms with Crippen LogP contribution in [0.5, 0.6) is 5.75 Å². The van der Waals surface area contributed by atoms with Crippen LogP contribution in [0.1, 0.15) is 6.42 Å². The molecule has 1 aromatic heterocycles. The molecule has 116 valence electrons. The number of hydrogen-bond acceptors (Lipinski definition) is 6. The third-order valence-corrected chi connectivity index (χ3v) is 3.36. The van der Waals surface area contributed by atoms with Crippen LogP contribution in [0.15, 0.2) is 12.1 Å². The summed E-state index contributed by atoms with van der Waals surface area (Å²) in [6.07, 6.45) is 0.671. The Morgan fingerprint density at radius 3 is 2.95 bits per heavy atom. The van der Waals surface area contributed by atoms with Crippen LogP contribution >= 0.6 is 0 Å². The van der Waals surface area contributed by atoms with Gasteiger partial charge in [-0.2, -0.15) is 4.39 Å². The first-order chi connectivity index (χ1) is 10.1. The van der Waals surface area contributed by atoms with Crippen LogP contribution in [0, 0.1) is 11.9 Å². The van der Waals surface area contributed by atoms with Gasteiger partial charge in [-0.05, 0) is 6.42 Å². The van der Waals surface area contributed by atoms with Crippen molar-refractivity contribution in [1.29, 1.82) is 0 Å². The number of esters is 1. The van der Waals surface area contributed by atoms with Crippen LogP contribution in [0.2, 0.25) is 0 Å². The van der Waals surface area contributed by atoms with E-state index < -0.39 is 5.95 Å². The standard InChI is InChI=1S/C14H19FN2O4/c1-19-5-6-21-11-7-12(15)16-13(8-11)17-4-3-10(9-17)14(18)20-2/h7-8,10H,3-6,9H2,1-2H3/t10-/m0/s1. The van der Waals surface area contributed by atoms with E-state index in [9.17, 15) is 9.18 Å². The molecule has 0 bridgehead atoms. The van der Waals surface area contributed by atoms with Crippen molar-refractivity contribution < 1.29 is 23.4 Å². The van der Waals surface area contributed by atoms with Gasteiger partial charge in [0.1, 0.15) is 18.2 Å². The quantitative estimate of drug-likeness (QED) is 0.447. The highest BCUT2D eigenvalue weighted by atomic mass is 19.1. The van der Waals surface area contributed by atoms with Crippen LogP contribution in [0.4, 0.5) is 10.2 Å². The summed E-state index contributed by atoms with van der Waals surface area (Å²) in [7, 11) is 2.94. The maximum Gasteiger partial charge on any atom is 0.310 e. The Hall–Kier alpha value is -1.89. The van der Waals surface area contributed by atoms with Gasteiger partial charge in [-0.1, -0.05) is 0 Å². The minimum Gasteiger partial charge on any atom is -0.491 e. The van der Waals surface area contributed by atoms with E-state index in [1.165, 1.54) is 13.2 Å². The predicted molar refractivity (Wildman–Crippen MR) is 73.9 cm³/mol. The topological polar surface area (TPSA) is 60.9 Å². The molecule has 2 rings (SSSR count). The van der Waals surface area contributed by atoms with Crippen molar-refractivity contribution in [2.45, 2.75) is 6.42 Å². The van der Waals surface area contributed by atoms with Crippen LogP contribution in [-0.2, 0) is 14.3 Å². The highest BCUT2D eigenvalue weighted by Crippen LogP contribution is 2.26. The lowest BCUT2D eigenvalue weighted by Crippen LogP contribution is -2.24. The molecule has 0 aliphatic carbocycles. The Kier molecular flexibility index (Phi) is 5.32. The van der Waals surface area contributed by atoms with Crippen molar-refractivity contribution in [2.75, 3.05) is 45.4 Å². The maximum absolute atomic E-state index is 13.6. The van der Waals surface area contributed by atoms with E-state index in [0.29, 0.717) is 44.3 Å². The van der Waals surface area contributed by atoms with Gasteiger partial charge in [0.15, 0.2) is 0 Å². The van der Waals surface area contributed by atoms with E-state index in [0.717, 1.165) is 0 Å². The van der Waals surface area contributed by atoms with Crippen molar-refractivity contribution in [3.63, 3.8) is 0 Å². The smallest absolute Gasteiger partial charge is 0.310 e. The maximum atomic E-state index is 13.6. The molecule has 7 heteroatoms. The number of carbonyl (C=O) groups is 1. The molecule has 1 atom stereocenters. The third kappa shape index (κ3) is 4.04. The SMILES string of the molecule is COCCOc1cc(F)nc(N2CC[C@H](C(=O)OC)C2)c1. The summed E-state index contributed by atoms with van der Waals surface area (Å²) >= 11 is 0. The predicted octanol–water partition coefficient (Wildman–Crippen LogP) is 1.25. The minimum absolute atomic E-state index is 0.196. The van der Waals surface area contributed by atoms with Gasteiger partial charge in [0, 0.05) is 32.3 Å². The Bertz CT molecular complexity index is 498. The monoisotopic (exact) mass is 298 g/mol. The molecule has 1 saturated heterocycles. The fraction of sp³-hybridized carbons (Fsp3) is 0.571. The second-order valence-corrected chi connectivity index (χ2v) is 4.78. The van der Waals surface area contributed by atoms with Gasteiger partial charge >= 0.3 is 5.97 Å². The summed E-state index contributed by atoms with van der Waals surface area (Å²) < 4.78 is 28.6. The Balaban J connectivity index is 2.04. The first kappa shape index (κ1) is 15.5. The summed E-state index contributed by atoms with van der Waals surface area (Å²) in [5.74, 6) is -0.185. The average molecular weight is 298 g/mol. The summed E-state index contributed by atoms with van der Waals surface area (Å²) in [6.45, 7) is 1.87. The first-order valence-electron chi connectivity index (χ1n) is 6.76. The fourth-order valence-corrected chi connectivity index (χ4v) is 2.28. The van der Waals surface area contributed by atoms with Crippen molar-refractivity contribution in [1.82, 2.24) is 4.98 Å². The zero-order chi connectivity index (χ0) is 15.2. The Morgan fingerprint density at radius 2 is 2.24 bits per heavy atom. The van der Waals surface area contributed by atoms with E-state index >= 15 is 0 Å². The number of rotatable bonds is 6. The second kappa shape index (κ2) is 7.21. The lowest BCUT2D eigenvalue weighted by Gasteiger charge is -2.18. The van der Waals surface area contributed by atoms with E-state index in [1.807, 2.05) is 4.90 Å². The summed E-state index contributed by atoms with van der Waals surface area (Å²) in [5.41, 5.74) is 0. The number of methoxy groups -OCH3 is 2. The summed E-state index contributed by atoms with van der Waals surface area (Å²) in [6, 6.07) is 2.89. The molecular formula is C14H19FN2O4. The number of hydrogen-bond donors (Lipinski definition) is 0. The van der Waals surface area contributed by atoms with E-state index in [4.69, 9.17) is 14.2 Å². The fourth-order valence-electron chi connectivity index (χ4n) is 2.28. The molecule has 1 fully saturated rings. The van der Waals surface area contributed by atoms with Crippen LogP contribution < -0.4 is 9.64 Å². The molecule has 1 aromatic rings. The Labute approximate surface area is 122 Å². The molecule has 0 spiro atoms. The largest absolute Gasteiger partial charge is 0.491 e. The van der Waals surface area contributed by atoms with Gasteiger partial charge in [-0.25, -0.2) is 4.98 Å². The van der Waals surface area contributed by atoms with Gasteiger partial charge in [-0.3, -0.25) is 4.79 Å². The zero-order valence-corrected chi connectivity index (χ0v) is 12.2. The molecule has 0 saturated carbocycles. The molecule has 2 heterocycles. The normalized spacial score (nSPS) is 17.9. The van der Waals surface area contributed by atoms with E-state index in [2.05, 4.69) is 4.98 Å². The molecule has 0 aromatic carbocycles. The van der Waals surface area contributed by atoms with Crippen molar-refractivity contribution in [3.8, 4) is 5.75 Å². The summed E-state index contributed by atoms with van der Waals surface area (Å²) in [5, 5.41) is 0. The van der Waals surface area contributed by atoms with Crippen molar-refractivity contribution >= 4 is 11.8 Å². The molecule has 0 amide bonds. The number of ether oxygens (including phenoxy) is 3. The third-order valence-electron chi connectivity index (χ3n) is 3.36. The number of aromatic nitrogens is 1. The number of carbonyl (C=O) groups excluding carboxylic acids is 1. The van der Waals surface area contributed by atoms with Gasteiger partial charge in [0.25, 0.3) is 0 Å². The van der Waals surface area contributed by atoms with Crippen LogP contribution in [0.3, 0.4) is 0 Å². The second-order valence-electron chi connectivity index (χ2n) is 4.78. The number of halogens is 1. The zero-order valence-electron chi connectivity index (χ0n) is 12.2. The molecule has 0 unspecified atom stereocenters. The van der Waals surface area contributed by atoms with Crippen molar-refractivity contribution in [3.05, 3.63) is 18.1 Å². The van der Waals surface area contributed by atoms with E-state index in [-0.39, 0.29) is 11.9 Å². The number of anilines is 1. The van der Waals surface area contributed by atoms with Gasteiger partial charge in [-0.15, -0.1) is 0 Å². The molecule has 21 heavy (non-hydrogen) atoms. The minimum atomic E-state index is -0.610. The molecular weight excluding hydrogens is 279 g/mol. The highest BCUT2D eigenvalue weighted by molar-refractivity contribution is 5.74.